The van der Waals surface area contributed by atoms with Crippen LogP contribution in [-0.2, 0) is 9.53 Å². The Morgan fingerprint density at radius 2 is 1.94 bits per heavy atom. The highest BCUT2D eigenvalue weighted by Crippen LogP contribution is 2.09. The maximum atomic E-state index is 11.5. The average molecular weight is 235 g/mol. The van der Waals surface area contributed by atoms with Gasteiger partial charge in [0.05, 0.1) is 6.61 Å². The van der Waals surface area contributed by atoms with Crippen LogP contribution in [0.5, 0.6) is 5.75 Å². The summed E-state index contributed by atoms with van der Waals surface area (Å²) < 4.78 is 9.54. The molecule has 0 saturated heterocycles. The number of ether oxygens (including phenoxy) is 2. The molecule has 0 spiro atoms. The van der Waals surface area contributed by atoms with E-state index in [0.717, 1.165) is 0 Å². The first-order chi connectivity index (χ1) is 8.13. The van der Waals surface area contributed by atoms with Crippen molar-refractivity contribution in [3.05, 3.63) is 42.6 Å². The molecule has 5 heteroatoms. The number of para-hydroxylation sites is 1. The van der Waals surface area contributed by atoms with Crippen molar-refractivity contribution in [3.63, 3.8) is 0 Å². The van der Waals surface area contributed by atoms with Crippen molar-refractivity contribution in [2.75, 3.05) is 6.61 Å². The fourth-order valence-corrected chi connectivity index (χ4v) is 0.999. The Kier molecular flexibility index (Phi) is 4.75. The Morgan fingerprint density at radius 1 is 1.29 bits per heavy atom. The quantitative estimate of drug-likeness (QED) is 0.491. The van der Waals surface area contributed by atoms with Crippen LogP contribution in [0.4, 0.5) is 4.79 Å². The number of carbonyl (C=O) groups is 2. The van der Waals surface area contributed by atoms with E-state index in [2.05, 4.69) is 16.6 Å². The lowest BCUT2D eigenvalue weighted by molar-refractivity contribution is -0.130. The van der Waals surface area contributed by atoms with Crippen molar-refractivity contribution >= 4 is 12.1 Å². The van der Waals surface area contributed by atoms with Gasteiger partial charge in [-0.25, -0.2) is 9.59 Å². The molecule has 1 N–H and O–H groups in total. The minimum absolute atomic E-state index is 0.174. The molecule has 0 aromatic heterocycles. The van der Waals surface area contributed by atoms with Gasteiger partial charge in [0.2, 0.25) is 0 Å². The lowest BCUT2D eigenvalue weighted by Crippen LogP contribution is -2.29. The molecule has 0 aliphatic rings. The molecule has 1 amide bonds. The van der Waals surface area contributed by atoms with Gasteiger partial charge in [-0.1, -0.05) is 24.8 Å². The lowest BCUT2D eigenvalue weighted by Gasteiger charge is -2.07. The summed E-state index contributed by atoms with van der Waals surface area (Å²) in [6.07, 6.45) is -0.734. The first-order valence-electron chi connectivity index (χ1n) is 5.03. The van der Waals surface area contributed by atoms with Crippen LogP contribution in [0, 0.1) is 0 Å². The van der Waals surface area contributed by atoms with Gasteiger partial charge >= 0.3 is 12.1 Å². The summed E-state index contributed by atoms with van der Waals surface area (Å²) in [5, 5.41) is 2.17. The van der Waals surface area contributed by atoms with Gasteiger partial charge in [-0.05, 0) is 19.1 Å². The molecule has 1 rings (SSSR count). The van der Waals surface area contributed by atoms with E-state index in [0.29, 0.717) is 5.75 Å². The Bertz CT molecular complexity index is 414. The van der Waals surface area contributed by atoms with Crippen LogP contribution >= 0.6 is 0 Å². The Balaban J connectivity index is 2.48. The van der Waals surface area contributed by atoms with Crippen LogP contribution in [0.2, 0.25) is 0 Å². The molecule has 0 heterocycles. The Hall–Kier alpha value is -2.30. The van der Waals surface area contributed by atoms with E-state index in [1.54, 1.807) is 37.3 Å². The van der Waals surface area contributed by atoms with E-state index in [9.17, 15) is 9.59 Å². The summed E-state index contributed by atoms with van der Waals surface area (Å²) in [6.45, 7) is 5.26. The SMILES string of the molecule is C=C(NC(=O)OCC)C(=O)Oc1ccccc1. The molecule has 0 bridgehead atoms. The van der Waals surface area contributed by atoms with Crippen LogP contribution in [0.1, 0.15) is 6.92 Å². The zero-order chi connectivity index (χ0) is 12.7. The van der Waals surface area contributed by atoms with Gasteiger partial charge in [0.1, 0.15) is 11.4 Å². The van der Waals surface area contributed by atoms with E-state index in [1.807, 2.05) is 0 Å². The number of amides is 1. The van der Waals surface area contributed by atoms with Gasteiger partial charge in [-0.15, -0.1) is 0 Å². The molecule has 1 aromatic rings. The summed E-state index contributed by atoms with van der Waals surface area (Å²) in [6, 6.07) is 8.49. The van der Waals surface area contributed by atoms with Gasteiger partial charge in [-0.3, -0.25) is 5.32 Å². The molecular weight excluding hydrogens is 222 g/mol. The summed E-state index contributed by atoms with van der Waals surface area (Å²) in [5.74, 6) is -0.353. The van der Waals surface area contributed by atoms with Crippen molar-refractivity contribution in [1.29, 1.82) is 0 Å². The van der Waals surface area contributed by atoms with E-state index in [4.69, 9.17) is 4.74 Å². The molecule has 0 aliphatic carbocycles. The van der Waals surface area contributed by atoms with Gasteiger partial charge in [-0.2, -0.15) is 0 Å². The molecular formula is C12H13NO4. The number of benzene rings is 1. The molecule has 0 atom stereocenters. The topological polar surface area (TPSA) is 64.6 Å². The van der Waals surface area contributed by atoms with Gasteiger partial charge in [0, 0.05) is 0 Å². The zero-order valence-corrected chi connectivity index (χ0v) is 9.43. The second-order valence-electron chi connectivity index (χ2n) is 3.03. The molecule has 0 aliphatic heterocycles. The van der Waals surface area contributed by atoms with Crippen LogP contribution in [0.25, 0.3) is 0 Å². The van der Waals surface area contributed by atoms with Crippen molar-refractivity contribution < 1.29 is 19.1 Å². The number of esters is 1. The van der Waals surface area contributed by atoms with Gasteiger partial charge in [0.15, 0.2) is 0 Å². The van der Waals surface area contributed by atoms with E-state index >= 15 is 0 Å². The number of alkyl carbamates (subject to hydrolysis) is 1. The number of hydrogen-bond donors (Lipinski definition) is 1. The number of hydrogen-bond acceptors (Lipinski definition) is 4. The van der Waals surface area contributed by atoms with Crippen molar-refractivity contribution in [1.82, 2.24) is 5.32 Å². The van der Waals surface area contributed by atoms with Crippen LogP contribution < -0.4 is 10.1 Å². The minimum Gasteiger partial charge on any atom is -0.450 e. The summed E-state index contributed by atoms with van der Waals surface area (Å²) in [4.78, 5) is 22.5. The minimum atomic E-state index is -0.734. The number of nitrogens with one attached hydrogen (secondary N) is 1. The predicted molar refractivity (Wildman–Crippen MR) is 61.4 cm³/mol. The average Bonchev–Trinajstić information content (AvgIpc) is 2.30. The van der Waals surface area contributed by atoms with E-state index < -0.39 is 12.1 Å². The molecule has 0 radical (unpaired) electrons. The molecule has 90 valence electrons. The summed E-state index contributed by atoms with van der Waals surface area (Å²) in [7, 11) is 0. The maximum Gasteiger partial charge on any atom is 0.411 e. The molecule has 1 aromatic carbocycles. The smallest absolute Gasteiger partial charge is 0.411 e. The molecule has 5 nitrogen and oxygen atoms in total. The third-order valence-electron chi connectivity index (χ3n) is 1.73. The first kappa shape index (κ1) is 12.8. The normalized spacial score (nSPS) is 9.24. The van der Waals surface area contributed by atoms with Crippen LogP contribution in [-0.4, -0.2) is 18.7 Å². The highest BCUT2D eigenvalue weighted by Gasteiger charge is 2.13. The largest absolute Gasteiger partial charge is 0.450 e. The van der Waals surface area contributed by atoms with Crippen molar-refractivity contribution in [2.45, 2.75) is 6.92 Å². The third kappa shape index (κ3) is 4.38. The molecule has 0 unspecified atom stereocenters. The Labute approximate surface area is 99.0 Å². The maximum absolute atomic E-state index is 11.5. The van der Waals surface area contributed by atoms with Gasteiger partial charge in [0.25, 0.3) is 0 Å². The second kappa shape index (κ2) is 6.32. The molecule has 0 fully saturated rings. The van der Waals surface area contributed by atoms with Gasteiger partial charge < -0.3 is 9.47 Å². The van der Waals surface area contributed by atoms with Crippen molar-refractivity contribution in [3.8, 4) is 5.75 Å². The summed E-state index contributed by atoms with van der Waals surface area (Å²) in [5.41, 5.74) is -0.174. The van der Waals surface area contributed by atoms with E-state index in [1.165, 1.54) is 0 Å². The highest BCUT2D eigenvalue weighted by atomic mass is 16.6. The molecule has 0 saturated carbocycles. The zero-order valence-electron chi connectivity index (χ0n) is 9.43. The molecule has 17 heavy (non-hydrogen) atoms. The highest BCUT2D eigenvalue weighted by molar-refractivity contribution is 5.92. The fraction of sp³-hybridized carbons (Fsp3) is 0.167. The second-order valence-corrected chi connectivity index (χ2v) is 3.03. The standard InChI is InChI=1S/C12H13NO4/c1-3-16-12(15)13-9(2)11(14)17-10-7-5-4-6-8-10/h4-8H,2-3H2,1H3,(H,13,15). The summed E-state index contributed by atoms with van der Waals surface area (Å²) >= 11 is 0. The van der Waals surface area contributed by atoms with E-state index in [-0.39, 0.29) is 12.3 Å². The number of carbonyl (C=O) groups excluding carboxylic acids is 2. The number of rotatable bonds is 4. The van der Waals surface area contributed by atoms with Crippen LogP contribution in [0.15, 0.2) is 42.6 Å². The lowest BCUT2D eigenvalue weighted by atomic mass is 10.3. The fourth-order valence-electron chi connectivity index (χ4n) is 0.999. The monoisotopic (exact) mass is 235 g/mol. The Morgan fingerprint density at radius 3 is 2.53 bits per heavy atom. The van der Waals surface area contributed by atoms with Crippen LogP contribution in [0.3, 0.4) is 0 Å². The first-order valence-corrected chi connectivity index (χ1v) is 5.03. The predicted octanol–water partition coefficient (Wildman–Crippen LogP) is 1.85. The van der Waals surface area contributed by atoms with Crippen molar-refractivity contribution in [2.24, 2.45) is 0 Å². The third-order valence-corrected chi connectivity index (χ3v) is 1.73.